The summed E-state index contributed by atoms with van der Waals surface area (Å²) in [4.78, 5) is 25.5. The SMILES string of the molecule is CC(C(=O)Nc1ccccc1C(=O)NCCN)c1ccc(Br)s1. The van der Waals surface area contributed by atoms with Crippen molar-refractivity contribution in [1.82, 2.24) is 5.32 Å². The van der Waals surface area contributed by atoms with E-state index in [4.69, 9.17) is 5.73 Å². The molecule has 2 amide bonds. The number of thiophene rings is 1. The first kappa shape index (κ1) is 17.7. The molecule has 122 valence electrons. The van der Waals surface area contributed by atoms with Crippen LogP contribution in [0.25, 0.3) is 0 Å². The number of nitrogens with two attached hydrogens (primary N) is 1. The second-order valence-corrected chi connectivity index (χ2v) is 7.44. The number of hydrogen-bond donors (Lipinski definition) is 3. The molecule has 0 aliphatic rings. The van der Waals surface area contributed by atoms with Crippen LogP contribution < -0.4 is 16.4 Å². The van der Waals surface area contributed by atoms with Crippen molar-refractivity contribution in [3.05, 3.63) is 50.6 Å². The predicted octanol–water partition coefficient (Wildman–Crippen LogP) is 2.94. The Hall–Kier alpha value is -1.70. The van der Waals surface area contributed by atoms with Crippen LogP contribution in [0.15, 0.2) is 40.2 Å². The van der Waals surface area contributed by atoms with Crippen LogP contribution in [0.4, 0.5) is 5.69 Å². The van der Waals surface area contributed by atoms with Gasteiger partial charge in [-0.1, -0.05) is 12.1 Å². The van der Waals surface area contributed by atoms with Gasteiger partial charge < -0.3 is 16.4 Å². The third kappa shape index (κ3) is 4.63. The third-order valence-electron chi connectivity index (χ3n) is 3.27. The summed E-state index contributed by atoms with van der Waals surface area (Å²) in [5.41, 5.74) is 6.31. The minimum atomic E-state index is -0.300. The number of halogens is 1. The average molecular weight is 396 g/mol. The van der Waals surface area contributed by atoms with Crippen LogP contribution in [0.1, 0.15) is 28.1 Å². The highest BCUT2D eigenvalue weighted by Crippen LogP contribution is 2.29. The minimum absolute atomic E-state index is 0.154. The topological polar surface area (TPSA) is 84.2 Å². The highest BCUT2D eigenvalue weighted by molar-refractivity contribution is 9.11. The largest absolute Gasteiger partial charge is 0.351 e. The molecule has 0 saturated heterocycles. The van der Waals surface area contributed by atoms with Crippen LogP contribution in [-0.2, 0) is 4.79 Å². The third-order valence-corrected chi connectivity index (χ3v) is 5.08. The van der Waals surface area contributed by atoms with Gasteiger partial charge in [0.1, 0.15) is 0 Å². The van der Waals surface area contributed by atoms with E-state index in [1.54, 1.807) is 24.3 Å². The molecule has 0 radical (unpaired) electrons. The second kappa shape index (κ2) is 8.24. The van der Waals surface area contributed by atoms with Gasteiger partial charge in [-0.15, -0.1) is 11.3 Å². The molecule has 7 heteroatoms. The molecular weight excluding hydrogens is 378 g/mol. The Morgan fingerprint density at radius 3 is 2.65 bits per heavy atom. The van der Waals surface area contributed by atoms with E-state index < -0.39 is 0 Å². The van der Waals surface area contributed by atoms with Crippen molar-refractivity contribution in [3.63, 3.8) is 0 Å². The predicted molar refractivity (Wildman–Crippen MR) is 96.9 cm³/mol. The highest BCUT2D eigenvalue weighted by Gasteiger charge is 2.19. The maximum atomic E-state index is 12.4. The Balaban J connectivity index is 2.13. The van der Waals surface area contributed by atoms with Crippen LogP contribution in [0, 0.1) is 0 Å². The van der Waals surface area contributed by atoms with Gasteiger partial charge in [-0.2, -0.15) is 0 Å². The minimum Gasteiger partial charge on any atom is -0.351 e. The molecule has 1 unspecified atom stereocenters. The number of para-hydroxylation sites is 1. The number of nitrogens with one attached hydrogen (secondary N) is 2. The summed E-state index contributed by atoms with van der Waals surface area (Å²) in [5.74, 6) is -0.706. The lowest BCUT2D eigenvalue weighted by atomic mass is 10.1. The molecule has 23 heavy (non-hydrogen) atoms. The first-order valence-electron chi connectivity index (χ1n) is 7.16. The van der Waals surface area contributed by atoms with Gasteiger partial charge in [0.25, 0.3) is 5.91 Å². The molecule has 1 aromatic carbocycles. The van der Waals surface area contributed by atoms with E-state index >= 15 is 0 Å². The van der Waals surface area contributed by atoms with Gasteiger partial charge in [-0.05, 0) is 47.1 Å². The zero-order valence-corrected chi connectivity index (χ0v) is 15.0. The molecule has 0 aliphatic carbocycles. The molecule has 4 N–H and O–H groups in total. The first-order valence-corrected chi connectivity index (χ1v) is 8.77. The molecule has 0 spiro atoms. The van der Waals surface area contributed by atoms with E-state index in [0.29, 0.717) is 24.3 Å². The smallest absolute Gasteiger partial charge is 0.253 e. The number of amides is 2. The zero-order valence-electron chi connectivity index (χ0n) is 12.6. The summed E-state index contributed by atoms with van der Waals surface area (Å²) in [6.07, 6.45) is 0. The van der Waals surface area contributed by atoms with Gasteiger partial charge in [-0.25, -0.2) is 0 Å². The van der Waals surface area contributed by atoms with Crippen molar-refractivity contribution in [2.24, 2.45) is 5.73 Å². The fraction of sp³-hybridized carbons (Fsp3) is 0.250. The Kier molecular flexibility index (Phi) is 6.32. The molecule has 1 atom stereocenters. The van der Waals surface area contributed by atoms with E-state index in [9.17, 15) is 9.59 Å². The number of benzene rings is 1. The molecule has 2 aromatic rings. The van der Waals surface area contributed by atoms with Crippen LogP contribution in [0.3, 0.4) is 0 Å². The van der Waals surface area contributed by atoms with E-state index in [-0.39, 0.29) is 17.7 Å². The van der Waals surface area contributed by atoms with Crippen molar-refractivity contribution in [3.8, 4) is 0 Å². The summed E-state index contributed by atoms with van der Waals surface area (Å²) < 4.78 is 0.980. The Morgan fingerprint density at radius 2 is 2.00 bits per heavy atom. The molecule has 0 saturated carbocycles. The van der Waals surface area contributed by atoms with Crippen molar-refractivity contribution < 1.29 is 9.59 Å². The van der Waals surface area contributed by atoms with Gasteiger partial charge >= 0.3 is 0 Å². The second-order valence-electron chi connectivity index (χ2n) is 4.94. The molecule has 1 heterocycles. The van der Waals surface area contributed by atoms with Crippen molar-refractivity contribution in [2.45, 2.75) is 12.8 Å². The monoisotopic (exact) mass is 395 g/mol. The van der Waals surface area contributed by atoms with Gasteiger partial charge in [0.2, 0.25) is 5.91 Å². The summed E-state index contributed by atoms with van der Waals surface area (Å²) in [6, 6.07) is 10.8. The fourth-order valence-corrected chi connectivity index (χ4v) is 3.48. The number of anilines is 1. The zero-order chi connectivity index (χ0) is 16.8. The maximum absolute atomic E-state index is 12.4. The number of carbonyl (C=O) groups is 2. The number of carbonyl (C=O) groups excluding carboxylic acids is 2. The molecule has 0 fully saturated rings. The molecule has 5 nitrogen and oxygen atoms in total. The summed E-state index contributed by atoms with van der Waals surface area (Å²) in [7, 11) is 0. The van der Waals surface area contributed by atoms with Gasteiger partial charge in [0, 0.05) is 18.0 Å². The lowest BCUT2D eigenvalue weighted by Crippen LogP contribution is -2.30. The Morgan fingerprint density at radius 1 is 1.26 bits per heavy atom. The summed E-state index contributed by atoms with van der Waals surface area (Å²) in [6.45, 7) is 2.59. The van der Waals surface area contributed by atoms with Crippen LogP contribution in [-0.4, -0.2) is 24.9 Å². The lowest BCUT2D eigenvalue weighted by molar-refractivity contribution is -0.117. The van der Waals surface area contributed by atoms with Crippen molar-refractivity contribution in [2.75, 3.05) is 18.4 Å². The first-order chi connectivity index (χ1) is 11.0. The van der Waals surface area contributed by atoms with Crippen molar-refractivity contribution in [1.29, 1.82) is 0 Å². The van der Waals surface area contributed by atoms with Gasteiger partial charge in [0.05, 0.1) is 21.0 Å². The molecule has 2 rings (SSSR count). The van der Waals surface area contributed by atoms with Gasteiger partial charge in [-0.3, -0.25) is 9.59 Å². The van der Waals surface area contributed by atoms with Gasteiger partial charge in [0.15, 0.2) is 0 Å². The molecule has 1 aromatic heterocycles. The fourth-order valence-electron chi connectivity index (χ4n) is 2.00. The lowest BCUT2D eigenvalue weighted by Gasteiger charge is -2.14. The standard InChI is InChI=1S/C16H18BrN3O2S/c1-10(13-6-7-14(17)23-13)15(21)20-12-5-3-2-4-11(12)16(22)19-9-8-18/h2-7,10H,8-9,18H2,1H3,(H,19,22)(H,20,21). The number of rotatable bonds is 6. The Bertz CT molecular complexity index is 702. The van der Waals surface area contributed by atoms with Crippen LogP contribution in [0.5, 0.6) is 0 Å². The maximum Gasteiger partial charge on any atom is 0.253 e. The molecule has 0 bridgehead atoms. The number of hydrogen-bond acceptors (Lipinski definition) is 4. The molecular formula is C16H18BrN3O2S. The van der Waals surface area contributed by atoms with E-state index in [1.165, 1.54) is 11.3 Å². The quantitative estimate of drug-likeness (QED) is 0.702. The molecule has 0 aliphatic heterocycles. The summed E-state index contributed by atoms with van der Waals surface area (Å²) >= 11 is 4.91. The Labute approximate surface area is 147 Å². The van der Waals surface area contributed by atoms with E-state index in [2.05, 4.69) is 26.6 Å². The van der Waals surface area contributed by atoms with E-state index in [0.717, 1.165) is 8.66 Å². The van der Waals surface area contributed by atoms with E-state index in [1.807, 2.05) is 19.1 Å². The van der Waals surface area contributed by atoms with Crippen LogP contribution in [0.2, 0.25) is 0 Å². The highest BCUT2D eigenvalue weighted by atomic mass is 79.9. The van der Waals surface area contributed by atoms with Crippen LogP contribution >= 0.6 is 27.3 Å². The summed E-state index contributed by atoms with van der Waals surface area (Å²) in [5, 5.41) is 5.54. The average Bonchev–Trinajstić information content (AvgIpc) is 2.98. The van der Waals surface area contributed by atoms with Crippen molar-refractivity contribution >= 4 is 44.8 Å². The normalized spacial score (nSPS) is 11.8.